The van der Waals surface area contributed by atoms with Crippen molar-refractivity contribution in [1.29, 1.82) is 0 Å². The number of aryl methyl sites for hydroxylation is 1. The Morgan fingerprint density at radius 1 is 1.17 bits per heavy atom. The lowest BCUT2D eigenvalue weighted by molar-refractivity contribution is 0.222. The van der Waals surface area contributed by atoms with E-state index in [1.807, 2.05) is 4.52 Å². The Morgan fingerprint density at radius 3 is 2.70 bits per heavy atom. The molecule has 0 atom stereocenters. The lowest BCUT2D eigenvalue weighted by Crippen LogP contribution is -2.32. The van der Waals surface area contributed by atoms with Crippen LogP contribution in [-0.2, 0) is 0 Å². The van der Waals surface area contributed by atoms with Crippen molar-refractivity contribution in [2.24, 2.45) is 0 Å². The molecule has 1 aliphatic rings. The summed E-state index contributed by atoms with van der Waals surface area (Å²) in [6.07, 6.45) is 6.23. The van der Waals surface area contributed by atoms with Crippen LogP contribution in [0.15, 0.2) is 36.8 Å². The van der Waals surface area contributed by atoms with Crippen LogP contribution >= 0.6 is 0 Å². The summed E-state index contributed by atoms with van der Waals surface area (Å²) in [5, 5.41) is 5.74. The molecular formula is C25H31N5. The molecule has 1 aliphatic heterocycles. The lowest BCUT2D eigenvalue weighted by Gasteiger charge is -2.31. The molecule has 5 rings (SSSR count). The second-order valence-corrected chi connectivity index (χ2v) is 9.02. The minimum Gasteiger partial charge on any atom is -0.354 e. The van der Waals surface area contributed by atoms with Crippen LogP contribution < -0.4 is 0 Å². The fourth-order valence-electron chi connectivity index (χ4n) is 5.12. The zero-order valence-corrected chi connectivity index (χ0v) is 18.4. The maximum absolute atomic E-state index is 4.37. The molecule has 5 nitrogen and oxygen atoms in total. The van der Waals surface area contributed by atoms with Gasteiger partial charge in [-0.25, -0.2) is 9.50 Å². The van der Waals surface area contributed by atoms with Crippen LogP contribution in [-0.4, -0.2) is 44.1 Å². The predicted octanol–water partition coefficient (Wildman–Crippen LogP) is 5.51. The summed E-state index contributed by atoms with van der Waals surface area (Å²) < 4.78 is 1.88. The maximum Gasteiger partial charge on any atom is 0.158 e. The molecule has 1 fully saturated rings. The molecule has 0 amide bonds. The van der Waals surface area contributed by atoms with Crippen molar-refractivity contribution in [1.82, 2.24) is 24.5 Å². The molecule has 0 spiro atoms. The number of piperidine rings is 1. The van der Waals surface area contributed by atoms with Crippen LogP contribution in [0.1, 0.15) is 62.1 Å². The minimum atomic E-state index is 0.428. The highest BCUT2D eigenvalue weighted by Crippen LogP contribution is 2.38. The normalized spacial score (nSPS) is 16.3. The Morgan fingerprint density at radius 2 is 1.97 bits per heavy atom. The average Bonchev–Trinajstić information content (AvgIpc) is 3.38. The number of H-pyrrole nitrogens is 1. The molecule has 30 heavy (non-hydrogen) atoms. The van der Waals surface area contributed by atoms with E-state index in [2.05, 4.69) is 78.1 Å². The number of nitrogens with zero attached hydrogens (tertiary/aromatic N) is 4. The Labute approximate surface area is 178 Å². The van der Waals surface area contributed by atoms with Gasteiger partial charge in [-0.2, -0.15) is 5.10 Å². The fourth-order valence-corrected chi connectivity index (χ4v) is 5.12. The summed E-state index contributed by atoms with van der Waals surface area (Å²) in [4.78, 5) is 10.6. The van der Waals surface area contributed by atoms with Gasteiger partial charge in [0.25, 0.3) is 0 Å². The number of aromatic amines is 1. The first-order valence-electron chi connectivity index (χ1n) is 11.2. The molecule has 1 aromatic carbocycles. The van der Waals surface area contributed by atoms with E-state index >= 15 is 0 Å². The van der Waals surface area contributed by atoms with Gasteiger partial charge < -0.3 is 9.88 Å². The molecule has 0 aliphatic carbocycles. The second-order valence-electron chi connectivity index (χ2n) is 9.02. The average molecular weight is 402 g/mol. The number of likely N-dealkylation sites (tertiary alicyclic amines) is 1. The molecule has 3 aromatic heterocycles. The summed E-state index contributed by atoms with van der Waals surface area (Å²) in [5.74, 6) is 1.10. The number of hydrogen-bond donors (Lipinski definition) is 1. The van der Waals surface area contributed by atoms with Gasteiger partial charge in [-0.3, -0.25) is 0 Å². The molecule has 1 saturated heterocycles. The molecule has 5 heteroatoms. The first-order valence-corrected chi connectivity index (χ1v) is 11.2. The zero-order valence-electron chi connectivity index (χ0n) is 18.4. The third kappa shape index (κ3) is 3.21. The van der Waals surface area contributed by atoms with Crippen molar-refractivity contribution >= 4 is 16.6 Å². The van der Waals surface area contributed by atoms with Crippen LogP contribution in [0.4, 0.5) is 0 Å². The zero-order chi connectivity index (χ0) is 20.8. The molecule has 4 aromatic rings. The van der Waals surface area contributed by atoms with Crippen molar-refractivity contribution < 1.29 is 0 Å². The van der Waals surface area contributed by atoms with Gasteiger partial charge in [-0.1, -0.05) is 26.8 Å². The third-order valence-electron chi connectivity index (χ3n) is 6.79. The summed E-state index contributed by atoms with van der Waals surface area (Å²) in [6, 6.07) is 9.30. The number of aromatic nitrogens is 4. The van der Waals surface area contributed by atoms with E-state index < -0.39 is 0 Å². The van der Waals surface area contributed by atoms with Gasteiger partial charge in [0.1, 0.15) is 6.33 Å². The highest BCUT2D eigenvalue weighted by molar-refractivity contribution is 5.92. The number of nitrogens with one attached hydrogen (secondary N) is 1. The number of fused-ring (bicyclic) bond motifs is 2. The van der Waals surface area contributed by atoms with Crippen LogP contribution in [0.25, 0.3) is 27.8 Å². The van der Waals surface area contributed by atoms with E-state index in [4.69, 9.17) is 0 Å². The highest BCUT2D eigenvalue weighted by atomic mass is 15.3. The number of hydrogen-bond acceptors (Lipinski definition) is 3. The van der Waals surface area contributed by atoms with Crippen molar-refractivity contribution in [3.8, 4) is 11.3 Å². The number of pyridine rings is 1. The van der Waals surface area contributed by atoms with Gasteiger partial charge in [0.2, 0.25) is 0 Å². The minimum absolute atomic E-state index is 0.428. The Balaban J connectivity index is 1.60. The summed E-state index contributed by atoms with van der Waals surface area (Å²) in [5.41, 5.74) is 8.55. The van der Waals surface area contributed by atoms with E-state index in [0.717, 1.165) is 11.2 Å². The first-order chi connectivity index (χ1) is 14.5. The van der Waals surface area contributed by atoms with Gasteiger partial charge in [-0.15, -0.1) is 0 Å². The van der Waals surface area contributed by atoms with Crippen LogP contribution in [0.3, 0.4) is 0 Å². The van der Waals surface area contributed by atoms with Crippen molar-refractivity contribution in [3.05, 3.63) is 53.5 Å². The second kappa shape index (κ2) is 7.55. The standard InChI is InChI=1S/C25H31N5/c1-5-29-10-8-18(9-11-29)19-6-7-22-21(13-19)23(16(2)3)24(28-22)20-12-17(4)25-26-15-27-30(25)14-20/h6-7,12-16,18,28H,5,8-11H2,1-4H3. The molecule has 0 bridgehead atoms. The summed E-state index contributed by atoms with van der Waals surface area (Å²) in [6.45, 7) is 12.5. The van der Waals surface area contributed by atoms with E-state index in [0.29, 0.717) is 11.8 Å². The molecule has 0 radical (unpaired) electrons. The number of benzene rings is 1. The third-order valence-corrected chi connectivity index (χ3v) is 6.79. The maximum atomic E-state index is 4.37. The van der Waals surface area contributed by atoms with Gasteiger partial charge in [0.05, 0.1) is 5.69 Å². The summed E-state index contributed by atoms with van der Waals surface area (Å²) in [7, 11) is 0. The smallest absolute Gasteiger partial charge is 0.158 e. The van der Waals surface area contributed by atoms with E-state index in [9.17, 15) is 0 Å². The Kier molecular flexibility index (Phi) is 4.86. The van der Waals surface area contributed by atoms with Crippen molar-refractivity contribution in [3.63, 3.8) is 0 Å². The molecule has 4 heterocycles. The Hall–Kier alpha value is -2.66. The van der Waals surface area contributed by atoms with Gasteiger partial charge in [-0.05, 0) is 86.1 Å². The highest BCUT2D eigenvalue weighted by Gasteiger charge is 2.22. The largest absolute Gasteiger partial charge is 0.354 e. The lowest BCUT2D eigenvalue weighted by atomic mass is 9.87. The molecule has 0 unspecified atom stereocenters. The van der Waals surface area contributed by atoms with Crippen molar-refractivity contribution in [2.75, 3.05) is 19.6 Å². The Bertz CT molecular complexity index is 1190. The number of rotatable bonds is 4. The van der Waals surface area contributed by atoms with Crippen LogP contribution in [0.5, 0.6) is 0 Å². The molecular weight excluding hydrogens is 370 g/mol. The molecule has 156 valence electrons. The predicted molar refractivity (Wildman–Crippen MR) is 123 cm³/mol. The van der Waals surface area contributed by atoms with Crippen LogP contribution in [0, 0.1) is 6.92 Å². The quantitative estimate of drug-likeness (QED) is 0.491. The topological polar surface area (TPSA) is 49.2 Å². The summed E-state index contributed by atoms with van der Waals surface area (Å²) >= 11 is 0. The van der Waals surface area contributed by atoms with E-state index in [1.54, 1.807) is 6.33 Å². The SMILES string of the molecule is CCN1CCC(c2ccc3[nH]c(-c4cc(C)c5ncnn5c4)c(C(C)C)c3c2)CC1. The van der Waals surface area contributed by atoms with Crippen LogP contribution in [0.2, 0.25) is 0 Å². The van der Waals surface area contributed by atoms with Gasteiger partial charge >= 0.3 is 0 Å². The van der Waals surface area contributed by atoms with E-state index in [1.165, 1.54) is 65.8 Å². The first kappa shape index (κ1) is 19.3. The van der Waals surface area contributed by atoms with Crippen molar-refractivity contribution in [2.45, 2.75) is 52.4 Å². The molecule has 0 saturated carbocycles. The van der Waals surface area contributed by atoms with E-state index in [-0.39, 0.29) is 0 Å². The van der Waals surface area contributed by atoms with Gasteiger partial charge in [0.15, 0.2) is 5.65 Å². The fraction of sp³-hybridized carbons (Fsp3) is 0.440. The van der Waals surface area contributed by atoms with Gasteiger partial charge in [0, 0.05) is 22.7 Å². The monoisotopic (exact) mass is 401 g/mol. The molecule has 1 N–H and O–H groups in total.